The summed E-state index contributed by atoms with van der Waals surface area (Å²) < 4.78 is 0. The van der Waals surface area contributed by atoms with Crippen molar-refractivity contribution in [2.45, 2.75) is 51.4 Å². The lowest BCUT2D eigenvalue weighted by molar-refractivity contribution is -0.158. The van der Waals surface area contributed by atoms with Gasteiger partial charge in [0, 0.05) is 12.8 Å². The Morgan fingerprint density at radius 3 is 2.35 bits per heavy atom. The highest BCUT2D eigenvalue weighted by molar-refractivity contribution is 5.84. The smallest absolute Gasteiger partial charge is 0.309 e. The van der Waals surface area contributed by atoms with Gasteiger partial charge in [0.15, 0.2) is 0 Å². The van der Waals surface area contributed by atoms with E-state index < -0.39 is 11.4 Å². The summed E-state index contributed by atoms with van der Waals surface area (Å²) in [5.74, 6) is 1.38. The Morgan fingerprint density at radius 1 is 1.18 bits per heavy atom. The topological polar surface area (TPSA) is 54.4 Å². The monoisotopic (exact) mass is 236 g/mol. The van der Waals surface area contributed by atoms with Crippen LogP contribution < -0.4 is 0 Å². The molecule has 94 valence electrons. The van der Waals surface area contributed by atoms with E-state index in [9.17, 15) is 14.7 Å². The van der Waals surface area contributed by atoms with Gasteiger partial charge in [0.25, 0.3) is 0 Å². The number of hydrogen-bond donors (Lipinski definition) is 1. The minimum Gasteiger partial charge on any atom is -0.481 e. The molecule has 0 amide bonds. The maximum Gasteiger partial charge on any atom is 0.309 e. The van der Waals surface area contributed by atoms with Gasteiger partial charge in [-0.05, 0) is 49.9 Å². The van der Waals surface area contributed by atoms with E-state index in [0.29, 0.717) is 37.5 Å². The number of Topliss-reactive ketones (excluding diaryl/α,β-unsaturated/α-hetero) is 1. The normalized spacial score (nSPS) is 39.5. The van der Waals surface area contributed by atoms with E-state index in [4.69, 9.17) is 0 Å². The number of carboxylic acid groups (broad SMARTS) is 1. The molecule has 0 aromatic carbocycles. The first-order chi connectivity index (χ1) is 8.12. The fourth-order valence-corrected chi connectivity index (χ4v) is 4.64. The van der Waals surface area contributed by atoms with E-state index in [0.717, 1.165) is 12.3 Å². The number of carboxylic acids is 1. The first kappa shape index (κ1) is 11.2. The molecule has 1 N–H and O–H groups in total. The number of aliphatic carboxylic acids is 1. The van der Waals surface area contributed by atoms with Crippen LogP contribution in [0, 0.1) is 23.2 Å². The van der Waals surface area contributed by atoms with Crippen LogP contribution in [0.5, 0.6) is 0 Å². The van der Waals surface area contributed by atoms with Crippen LogP contribution in [0.1, 0.15) is 51.4 Å². The second-order valence-corrected chi connectivity index (χ2v) is 6.28. The SMILES string of the molecule is O=C1CCC(C(=O)O)(C2CC3CCC2C3)CC1. The van der Waals surface area contributed by atoms with E-state index in [1.54, 1.807) is 0 Å². The summed E-state index contributed by atoms with van der Waals surface area (Å²) in [6.07, 6.45) is 7.03. The maximum absolute atomic E-state index is 11.7. The number of carbonyl (C=O) groups is 2. The molecule has 0 radical (unpaired) electrons. The molecule has 3 aliphatic carbocycles. The van der Waals surface area contributed by atoms with E-state index in [-0.39, 0.29) is 5.78 Å². The second-order valence-electron chi connectivity index (χ2n) is 6.28. The first-order valence-corrected chi connectivity index (χ1v) is 6.87. The molecule has 0 aliphatic heterocycles. The van der Waals surface area contributed by atoms with Gasteiger partial charge >= 0.3 is 5.97 Å². The van der Waals surface area contributed by atoms with Crippen LogP contribution >= 0.6 is 0 Å². The standard InChI is InChI=1S/C14H20O3/c15-11-3-5-14(6-4-11,13(16)17)12-8-9-1-2-10(12)7-9/h9-10,12H,1-8H2,(H,16,17). The zero-order chi connectivity index (χ0) is 12.0. The average Bonchev–Trinajstić information content (AvgIpc) is 2.92. The van der Waals surface area contributed by atoms with E-state index in [2.05, 4.69) is 0 Å². The fraction of sp³-hybridized carbons (Fsp3) is 0.857. The summed E-state index contributed by atoms with van der Waals surface area (Å²) in [4.78, 5) is 23.1. The molecule has 0 spiro atoms. The Labute approximate surface area is 102 Å². The predicted octanol–water partition coefficient (Wildman–Crippen LogP) is 2.64. The first-order valence-electron chi connectivity index (χ1n) is 6.87. The summed E-state index contributed by atoms with van der Waals surface area (Å²) in [6, 6.07) is 0. The van der Waals surface area contributed by atoms with Crippen molar-refractivity contribution in [1.82, 2.24) is 0 Å². The molecule has 0 aromatic heterocycles. The minimum absolute atomic E-state index is 0.255. The summed E-state index contributed by atoms with van der Waals surface area (Å²) in [5.41, 5.74) is -0.562. The van der Waals surface area contributed by atoms with Gasteiger partial charge in [-0.25, -0.2) is 0 Å². The van der Waals surface area contributed by atoms with Gasteiger partial charge in [-0.3, -0.25) is 9.59 Å². The molecule has 3 unspecified atom stereocenters. The van der Waals surface area contributed by atoms with Crippen molar-refractivity contribution in [3.63, 3.8) is 0 Å². The van der Waals surface area contributed by atoms with Crippen LogP contribution in [0.4, 0.5) is 0 Å². The predicted molar refractivity (Wildman–Crippen MR) is 62.5 cm³/mol. The van der Waals surface area contributed by atoms with E-state index >= 15 is 0 Å². The molecule has 0 aromatic rings. The van der Waals surface area contributed by atoms with Crippen LogP contribution in [0.2, 0.25) is 0 Å². The summed E-state index contributed by atoms with van der Waals surface area (Å²) in [5, 5.41) is 9.65. The molecule has 3 heteroatoms. The number of hydrogen-bond acceptors (Lipinski definition) is 2. The molecule has 3 aliphatic rings. The molecular formula is C14H20O3. The van der Waals surface area contributed by atoms with E-state index in [1.165, 1.54) is 19.3 Å². The molecule has 3 nitrogen and oxygen atoms in total. The summed E-state index contributed by atoms with van der Waals surface area (Å²) in [6.45, 7) is 0. The Bertz CT molecular complexity index is 350. The largest absolute Gasteiger partial charge is 0.481 e. The van der Waals surface area contributed by atoms with Gasteiger partial charge in [0.05, 0.1) is 5.41 Å². The quantitative estimate of drug-likeness (QED) is 0.801. The number of ketones is 1. The third-order valence-electron chi connectivity index (χ3n) is 5.57. The van der Waals surface area contributed by atoms with Crippen LogP contribution in [0.25, 0.3) is 0 Å². The second kappa shape index (κ2) is 3.82. The van der Waals surface area contributed by atoms with Crippen molar-refractivity contribution < 1.29 is 14.7 Å². The maximum atomic E-state index is 11.7. The van der Waals surface area contributed by atoms with Crippen molar-refractivity contribution in [2.75, 3.05) is 0 Å². The highest BCUT2D eigenvalue weighted by Crippen LogP contribution is 2.58. The van der Waals surface area contributed by atoms with Gasteiger partial charge in [-0.15, -0.1) is 0 Å². The van der Waals surface area contributed by atoms with Crippen molar-refractivity contribution in [3.8, 4) is 0 Å². The van der Waals surface area contributed by atoms with Crippen molar-refractivity contribution in [1.29, 1.82) is 0 Å². The highest BCUT2D eigenvalue weighted by atomic mass is 16.4. The highest BCUT2D eigenvalue weighted by Gasteiger charge is 2.55. The van der Waals surface area contributed by atoms with E-state index in [1.807, 2.05) is 0 Å². The van der Waals surface area contributed by atoms with Crippen LogP contribution in [-0.2, 0) is 9.59 Å². The zero-order valence-corrected chi connectivity index (χ0v) is 10.2. The fourth-order valence-electron chi connectivity index (χ4n) is 4.64. The number of fused-ring (bicyclic) bond motifs is 2. The number of carbonyl (C=O) groups excluding carboxylic acids is 1. The zero-order valence-electron chi connectivity index (χ0n) is 10.2. The minimum atomic E-state index is -0.637. The van der Waals surface area contributed by atoms with Crippen molar-refractivity contribution in [2.24, 2.45) is 23.2 Å². The van der Waals surface area contributed by atoms with Crippen LogP contribution in [-0.4, -0.2) is 16.9 Å². The molecule has 3 atom stereocenters. The van der Waals surface area contributed by atoms with Gasteiger partial charge in [-0.1, -0.05) is 6.42 Å². The van der Waals surface area contributed by atoms with Gasteiger partial charge in [0.1, 0.15) is 5.78 Å². The average molecular weight is 236 g/mol. The molecule has 3 fully saturated rings. The Hall–Kier alpha value is -0.860. The van der Waals surface area contributed by atoms with Crippen molar-refractivity contribution in [3.05, 3.63) is 0 Å². The van der Waals surface area contributed by atoms with Crippen molar-refractivity contribution >= 4 is 11.8 Å². The van der Waals surface area contributed by atoms with Gasteiger partial charge < -0.3 is 5.11 Å². The molecule has 0 heterocycles. The lowest BCUT2D eigenvalue weighted by Gasteiger charge is -2.41. The Morgan fingerprint density at radius 2 is 1.88 bits per heavy atom. The molecule has 3 saturated carbocycles. The Kier molecular flexibility index (Phi) is 2.53. The van der Waals surface area contributed by atoms with Gasteiger partial charge in [0.2, 0.25) is 0 Å². The lowest BCUT2D eigenvalue weighted by Crippen LogP contribution is -2.44. The lowest BCUT2D eigenvalue weighted by atomic mass is 9.61. The molecule has 0 saturated heterocycles. The molecule has 17 heavy (non-hydrogen) atoms. The Balaban J connectivity index is 1.85. The van der Waals surface area contributed by atoms with Gasteiger partial charge in [-0.2, -0.15) is 0 Å². The summed E-state index contributed by atoms with van der Waals surface area (Å²) in [7, 11) is 0. The van der Waals surface area contributed by atoms with Crippen LogP contribution in [0.3, 0.4) is 0 Å². The molecule has 2 bridgehead atoms. The summed E-state index contributed by atoms with van der Waals surface area (Å²) >= 11 is 0. The molecular weight excluding hydrogens is 216 g/mol. The number of rotatable bonds is 2. The molecule has 3 rings (SSSR count). The third kappa shape index (κ3) is 1.62. The van der Waals surface area contributed by atoms with Crippen LogP contribution in [0.15, 0.2) is 0 Å². The third-order valence-corrected chi connectivity index (χ3v) is 5.57.